The van der Waals surface area contributed by atoms with E-state index in [0.29, 0.717) is 12.5 Å². The first-order valence-electron chi connectivity index (χ1n) is 8.66. The smallest absolute Gasteiger partial charge is 0.227 e. The van der Waals surface area contributed by atoms with Gasteiger partial charge in [0.1, 0.15) is 23.3 Å². The predicted molar refractivity (Wildman–Crippen MR) is 95.5 cm³/mol. The fourth-order valence-corrected chi connectivity index (χ4v) is 4.58. The number of carbonyl (C=O) groups is 1. The van der Waals surface area contributed by atoms with Crippen molar-refractivity contribution >= 4 is 22.1 Å². The minimum absolute atomic E-state index is 0.0860. The van der Waals surface area contributed by atoms with Gasteiger partial charge < -0.3 is 4.90 Å². The number of amides is 1. The van der Waals surface area contributed by atoms with Crippen LogP contribution in [0.15, 0.2) is 24.2 Å². The van der Waals surface area contributed by atoms with Crippen molar-refractivity contribution in [2.75, 3.05) is 13.1 Å². The van der Waals surface area contributed by atoms with Crippen molar-refractivity contribution in [3.05, 3.63) is 35.7 Å². The van der Waals surface area contributed by atoms with E-state index in [2.05, 4.69) is 26.1 Å². The monoisotopic (exact) mass is 358 g/mol. The van der Waals surface area contributed by atoms with Crippen LogP contribution in [0.1, 0.15) is 37.2 Å². The molecule has 1 saturated heterocycles. The summed E-state index contributed by atoms with van der Waals surface area (Å²) < 4.78 is 3.88. The summed E-state index contributed by atoms with van der Waals surface area (Å²) in [6.45, 7) is 6.19. The fourth-order valence-electron chi connectivity index (χ4n) is 3.63. The third-order valence-corrected chi connectivity index (χ3v) is 5.89. The number of hydrogen-bond donors (Lipinski definition) is 0. The van der Waals surface area contributed by atoms with Crippen LogP contribution in [0.5, 0.6) is 0 Å². The molecular formula is C17H22N6OS. The van der Waals surface area contributed by atoms with Crippen molar-refractivity contribution in [1.82, 2.24) is 29.0 Å². The van der Waals surface area contributed by atoms with Crippen LogP contribution in [0.2, 0.25) is 0 Å². The van der Waals surface area contributed by atoms with Crippen molar-refractivity contribution in [3.8, 4) is 0 Å². The molecule has 0 radical (unpaired) electrons. The molecule has 1 aliphatic heterocycles. The SMILES string of the molecule is Cc1nc(C2CCN(C(=O)[C@@H](C)Cn3cncn3)CC2)c2sccn12. The lowest BCUT2D eigenvalue weighted by Crippen LogP contribution is -2.41. The van der Waals surface area contributed by atoms with Gasteiger partial charge in [-0.3, -0.25) is 13.9 Å². The Hall–Kier alpha value is -2.22. The average Bonchev–Trinajstić information content (AvgIpc) is 3.34. The highest BCUT2D eigenvalue weighted by molar-refractivity contribution is 7.15. The van der Waals surface area contributed by atoms with E-state index in [1.807, 2.05) is 18.7 Å². The Morgan fingerprint density at radius 2 is 2.20 bits per heavy atom. The van der Waals surface area contributed by atoms with Gasteiger partial charge in [-0.1, -0.05) is 6.92 Å². The van der Waals surface area contributed by atoms with Crippen LogP contribution in [-0.2, 0) is 11.3 Å². The molecule has 0 bridgehead atoms. The summed E-state index contributed by atoms with van der Waals surface area (Å²) in [6.07, 6.45) is 7.19. The van der Waals surface area contributed by atoms with E-state index in [-0.39, 0.29) is 11.8 Å². The molecule has 0 aliphatic carbocycles. The number of thiazole rings is 1. The molecule has 1 fully saturated rings. The van der Waals surface area contributed by atoms with Gasteiger partial charge in [-0.05, 0) is 19.8 Å². The van der Waals surface area contributed by atoms with E-state index in [9.17, 15) is 4.79 Å². The van der Waals surface area contributed by atoms with Crippen LogP contribution >= 0.6 is 11.3 Å². The molecule has 4 heterocycles. The van der Waals surface area contributed by atoms with Gasteiger partial charge in [0.25, 0.3) is 0 Å². The van der Waals surface area contributed by atoms with Crippen LogP contribution in [0, 0.1) is 12.8 Å². The second-order valence-corrected chi connectivity index (χ2v) is 7.64. The number of likely N-dealkylation sites (tertiary alicyclic amines) is 1. The third kappa shape index (κ3) is 3.06. The minimum Gasteiger partial charge on any atom is -0.342 e. The quantitative estimate of drug-likeness (QED) is 0.718. The molecule has 7 nitrogen and oxygen atoms in total. The Morgan fingerprint density at radius 1 is 1.40 bits per heavy atom. The fraction of sp³-hybridized carbons (Fsp3) is 0.529. The zero-order valence-corrected chi connectivity index (χ0v) is 15.3. The molecule has 1 aliphatic rings. The number of nitrogens with zero attached hydrogens (tertiary/aromatic N) is 6. The van der Waals surface area contributed by atoms with Crippen molar-refractivity contribution in [3.63, 3.8) is 0 Å². The Balaban J connectivity index is 1.39. The Kier molecular flexibility index (Phi) is 4.29. The number of fused-ring (bicyclic) bond motifs is 1. The van der Waals surface area contributed by atoms with Crippen LogP contribution in [0.3, 0.4) is 0 Å². The normalized spacial score (nSPS) is 17.3. The number of rotatable bonds is 4. The number of hydrogen-bond acceptors (Lipinski definition) is 5. The first-order chi connectivity index (χ1) is 12.1. The second-order valence-electron chi connectivity index (χ2n) is 6.74. The van der Waals surface area contributed by atoms with E-state index in [1.165, 1.54) is 16.9 Å². The molecule has 0 unspecified atom stereocenters. The zero-order chi connectivity index (χ0) is 17.4. The highest BCUT2D eigenvalue weighted by Gasteiger charge is 2.29. The molecule has 0 saturated carbocycles. The molecule has 132 valence electrons. The first-order valence-corrected chi connectivity index (χ1v) is 9.54. The van der Waals surface area contributed by atoms with E-state index in [0.717, 1.165) is 31.8 Å². The summed E-state index contributed by atoms with van der Waals surface area (Å²) >= 11 is 1.75. The van der Waals surface area contributed by atoms with Crippen LogP contribution in [0.25, 0.3) is 4.83 Å². The summed E-state index contributed by atoms with van der Waals surface area (Å²) in [5, 5.41) is 6.20. The number of aryl methyl sites for hydroxylation is 1. The van der Waals surface area contributed by atoms with E-state index < -0.39 is 0 Å². The molecule has 1 atom stereocenters. The average molecular weight is 358 g/mol. The van der Waals surface area contributed by atoms with Gasteiger partial charge in [0.15, 0.2) is 0 Å². The highest BCUT2D eigenvalue weighted by Crippen LogP contribution is 2.33. The largest absolute Gasteiger partial charge is 0.342 e. The van der Waals surface area contributed by atoms with E-state index in [1.54, 1.807) is 22.3 Å². The number of carbonyl (C=O) groups excluding carboxylic acids is 1. The van der Waals surface area contributed by atoms with Gasteiger partial charge in [-0.25, -0.2) is 9.97 Å². The van der Waals surface area contributed by atoms with E-state index in [4.69, 9.17) is 4.98 Å². The first kappa shape index (κ1) is 16.3. The summed E-state index contributed by atoms with van der Waals surface area (Å²) in [6, 6.07) is 0. The molecule has 3 aromatic heterocycles. The van der Waals surface area contributed by atoms with Crippen molar-refractivity contribution < 1.29 is 4.79 Å². The maximum atomic E-state index is 12.7. The Bertz CT molecular complexity index is 859. The van der Waals surface area contributed by atoms with Crippen molar-refractivity contribution in [1.29, 1.82) is 0 Å². The number of aromatic nitrogens is 5. The second kappa shape index (κ2) is 6.59. The van der Waals surface area contributed by atoms with E-state index >= 15 is 0 Å². The summed E-state index contributed by atoms with van der Waals surface area (Å²) in [5.41, 5.74) is 1.20. The molecule has 8 heteroatoms. The van der Waals surface area contributed by atoms with Crippen LogP contribution in [0.4, 0.5) is 0 Å². The molecule has 1 amide bonds. The summed E-state index contributed by atoms with van der Waals surface area (Å²) in [7, 11) is 0. The lowest BCUT2D eigenvalue weighted by molar-refractivity contribution is -0.136. The number of imidazole rings is 1. The minimum atomic E-state index is -0.0860. The van der Waals surface area contributed by atoms with Gasteiger partial charge in [0, 0.05) is 30.6 Å². The molecule has 4 rings (SSSR count). The van der Waals surface area contributed by atoms with Gasteiger partial charge in [0.2, 0.25) is 5.91 Å². The molecule has 0 aromatic carbocycles. The predicted octanol–water partition coefficient (Wildman–Crippen LogP) is 2.34. The van der Waals surface area contributed by atoms with Crippen molar-refractivity contribution in [2.24, 2.45) is 5.92 Å². The van der Waals surface area contributed by atoms with Crippen LogP contribution in [-0.4, -0.2) is 48.0 Å². The maximum Gasteiger partial charge on any atom is 0.227 e. The topological polar surface area (TPSA) is 68.3 Å². The summed E-state index contributed by atoms with van der Waals surface area (Å²) in [5.74, 6) is 1.61. The number of piperidine rings is 1. The standard InChI is InChI=1S/C17H22N6OS/c1-12(9-22-11-18-10-19-22)16(24)21-5-3-14(4-6-21)15-17-23(7-8-25-17)13(2)20-15/h7-8,10-12,14H,3-6,9H2,1-2H3/t12-/m0/s1. The van der Waals surface area contributed by atoms with Gasteiger partial charge in [-0.15, -0.1) is 11.3 Å². The summed E-state index contributed by atoms with van der Waals surface area (Å²) in [4.78, 5) is 24.6. The van der Waals surface area contributed by atoms with Gasteiger partial charge in [-0.2, -0.15) is 5.10 Å². The Morgan fingerprint density at radius 3 is 2.92 bits per heavy atom. The lowest BCUT2D eigenvalue weighted by atomic mass is 9.93. The maximum absolute atomic E-state index is 12.7. The molecule has 3 aromatic rings. The molecule has 25 heavy (non-hydrogen) atoms. The third-order valence-electron chi connectivity index (χ3n) is 5.00. The molecule has 0 N–H and O–H groups in total. The lowest BCUT2D eigenvalue weighted by Gasteiger charge is -2.33. The highest BCUT2D eigenvalue weighted by atomic mass is 32.1. The van der Waals surface area contributed by atoms with Crippen molar-refractivity contribution in [2.45, 2.75) is 39.2 Å². The molecular weight excluding hydrogens is 336 g/mol. The molecule has 0 spiro atoms. The zero-order valence-electron chi connectivity index (χ0n) is 14.5. The van der Waals surface area contributed by atoms with Gasteiger partial charge in [0.05, 0.1) is 18.2 Å². The Labute approximate surface area is 150 Å². The van der Waals surface area contributed by atoms with Gasteiger partial charge >= 0.3 is 0 Å². The van der Waals surface area contributed by atoms with Crippen LogP contribution < -0.4 is 0 Å².